The predicted molar refractivity (Wildman–Crippen MR) is 105 cm³/mol. The number of rotatable bonds is 4. The van der Waals surface area contributed by atoms with E-state index in [1.807, 2.05) is 0 Å². The summed E-state index contributed by atoms with van der Waals surface area (Å²) >= 11 is 0.925. The molecule has 0 unspecified atom stereocenters. The van der Waals surface area contributed by atoms with Crippen LogP contribution in [0, 0.1) is 5.82 Å². The highest BCUT2D eigenvalue weighted by Crippen LogP contribution is 2.26. The maximum Gasteiger partial charge on any atom is 0.428 e. The van der Waals surface area contributed by atoms with Crippen molar-refractivity contribution in [3.63, 3.8) is 0 Å². The van der Waals surface area contributed by atoms with E-state index < -0.39 is 17.9 Å². The summed E-state index contributed by atoms with van der Waals surface area (Å²) in [6.45, 7) is 6.43. The van der Waals surface area contributed by atoms with Gasteiger partial charge in [0.1, 0.15) is 5.82 Å². The summed E-state index contributed by atoms with van der Waals surface area (Å²) in [6, 6.07) is 2.00. The number of nitrogens with one attached hydrogen (secondary N) is 1. The third-order valence-corrected chi connectivity index (χ3v) is 5.25. The van der Waals surface area contributed by atoms with Crippen LogP contribution in [0.15, 0.2) is 29.6 Å². The van der Waals surface area contributed by atoms with Gasteiger partial charge in [-0.3, -0.25) is 9.36 Å². The first kappa shape index (κ1) is 19.9. The van der Waals surface area contributed by atoms with Crippen LogP contribution in [-0.4, -0.2) is 46.4 Å². The highest BCUT2D eigenvalue weighted by molar-refractivity contribution is 7.16. The van der Waals surface area contributed by atoms with Gasteiger partial charge in [0.15, 0.2) is 0 Å². The highest BCUT2D eigenvalue weighted by atomic mass is 32.1. The van der Waals surface area contributed by atoms with Gasteiger partial charge in [0.2, 0.25) is 0 Å². The van der Waals surface area contributed by atoms with E-state index >= 15 is 0 Å². The number of carbonyl (C=O) groups is 2. The lowest BCUT2D eigenvalue weighted by Crippen LogP contribution is -2.54. The molecule has 3 rings (SSSR count). The van der Waals surface area contributed by atoms with Crippen LogP contribution < -0.4 is 10.2 Å². The van der Waals surface area contributed by atoms with Gasteiger partial charge in [-0.25, -0.2) is 24.0 Å². The molecule has 1 fully saturated rings. The van der Waals surface area contributed by atoms with E-state index in [0.29, 0.717) is 29.7 Å². The molecule has 1 saturated heterocycles. The topological polar surface area (TPSA) is 83.9 Å². The summed E-state index contributed by atoms with van der Waals surface area (Å²) in [4.78, 5) is 36.6. The van der Waals surface area contributed by atoms with Crippen molar-refractivity contribution in [2.75, 3.05) is 25.0 Å². The number of anilines is 1. The Kier molecular flexibility index (Phi) is 5.98. The zero-order valence-corrected chi connectivity index (χ0v) is 16.3. The summed E-state index contributed by atoms with van der Waals surface area (Å²) < 4.78 is 21.4. The van der Waals surface area contributed by atoms with E-state index in [1.54, 1.807) is 13.0 Å². The van der Waals surface area contributed by atoms with Gasteiger partial charge in [-0.15, -0.1) is 6.58 Å². The number of fused-ring (bicyclic) bond motifs is 1. The Morgan fingerprint density at radius 3 is 2.71 bits per heavy atom. The lowest BCUT2D eigenvalue weighted by atomic mass is 10.2. The molecule has 10 heteroatoms. The Morgan fingerprint density at radius 2 is 2.04 bits per heavy atom. The van der Waals surface area contributed by atoms with Crippen molar-refractivity contribution in [3.8, 4) is 0 Å². The number of allylic oxidation sites excluding steroid dienone is 1. The van der Waals surface area contributed by atoms with Gasteiger partial charge in [0.05, 0.1) is 22.5 Å². The minimum absolute atomic E-state index is 0.0671. The number of carbonyl (C=O) groups excluding carboxylic acids is 2. The first-order valence-corrected chi connectivity index (χ1v) is 9.74. The first-order chi connectivity index (χ1) is 13.5. The van der Waals surface area contributed by atoms with E-state index in [4.69, 9.17) is 4.74 Å². The molecule has 1 N–H and O–H groups in total. The van der Waals surface area contributed by atoms with Gasteiger partial charge < -0.3 is 10.1 Å². The molecule has 3 amide bonds. The molecular formula is C18H21FN4O4S. The molecule has 0 atom stereocenters. The van der Waals surface area contributed by atoms with Gasteiger partial charge in [-0.05, 0) is 31.9 Å². The molecule has 0 spiro atoms. The predicted octanol–water partition coefficient (Wildman–Crippen LogP) is 3.39. The summed E-state index contributed by atoms with van der Waals surface area (Å²) in [6.07, 6.45) is 2.41. The smallest absolute Gasteiger partial charge is 0.428 e. The number of amides is 3. The third-order valence-electron chi connectivity index (χ3n) is 4.30. The molecule has 0 saturated carbocycles. The Labute approximate surface area is 164 Å². The summed E-state index contributed by atoms with van der Waals surface area (Å²) in [5.74, 6) is -0.660. The molecule has 2 heterocycles. The molecular weight excluding hydrogens is 387 g/mol. The minimum atomic E-state index is -0.660. The lowest BCUT2D eigenvalue weighted by molar-refractivity contribution is -0.00726. The van der Waals surface area contributed by atoms with Gasteiger partial charge in [0, 0.05) is 19.6 Å². The maximum atomic E-state index is 14.5. The van der Waals surface area contributed by atoms with Crippen LogP contribution in [0.1, 0.15) is 19.8 Å². The van der Waals surface area contributed by atoms with Crippen molar-refractivity contribution < 1.29 is 18.7 Å². The van der Waals surface area contributed by atoms with Crippen LogP contribution in [0.3, 0.4) is 0 Å². The molecule has 2 aromatic rings. The molecule has 1 aliphatic rings. The molecule has 8 nitrogen and oxygen atoms in total. The molecule has 1 aromatic carbocycles. The first-order valence-electron chi connectivity index (χ1n) is 8.92. The fourth-order valence-electron chi connectivity index (χ4n) is 3.02. The summed E-state index contributed by atoms with van der Waals surface area (Å²) in [7, 11) is 0. The Balaban J connectivity index is 1.88. The van der Waals surface area contributed by atoms with Crippen molar-refractivity contribution in [1.29, 1.82) is 0 Å². The number of hydrogen-bond donors (Lipinski definition) is 1. The van der Waals surface area contributed by atoms with Crippen LogP contribution in [0.4, 0.5) is 19.7 Å². The average molecular weight is 408 g/mol. The molecule has 28 heavy (non-hydrogen) atoms. The average Bonchev–Trinajstić information content (AvgIpc) is 2.97. The van der Waals surface area contributed by atoms with Crippen LogP contribution >= 0.6 is 11.3 Å². The fraction of sp³-hybridized carbons (Fsp3) is 0.389. The van der Waals surface area contributed by atoms with Crippen molar-refractivity contribution >= 4 is 39.4 Å². The number of hydrazine groups is 1. The van der Waals surface area contributed by atoms with E-state index in [0.717, 1.165) is 17.8 Å². The second-order valence-corrected chi connectivity index (χ2v) is 7.14. The quantitative estimate of drug-likeness (QED) is 0.786. The van der Waals surface area contributed by atoms with Gasteiger partial charge in [-0.2, -0.15) is 0 Å². The second-order valence-electron chi connectivity index (χ2n) is 6.15. The maximum absolute atomic E-state index is 14.5. The number of urea groups is 1. The SMILES string of the molecule is C=CCn1c(=O)sc2cc(F)c(NC(=O)N3CCCCN3C(=O)OCC)cc21. The van der Waals surface area contributed by atoms with Crippen molar-refractivity contribution in [2.24, 2.45) is 0 Å². The summed E-state index contributed by atoms with van der Waals surface area (Å²) in [5, 5.41) is 4.94. The number of ether oxygens (including phenoxy) is 1. The number of benzene rings is 1. The number of halogens is 1. The zero-order valence-electron chi connectivity index (χ0n) is 15.4. The van der Waals surface area contributed by atoms with Crippen molar-refractivity contribution in [1.82, 2.24) is 14.6 Å². The van der Waals surface area contributed by atoms with Crippen LogP contribution in [0.2, 0.25) is 0 Å². The minimum Gasteiger partial charge on any atom is -0.448 e. The number of hydrogen-bond acceptors (Lipinski definition) is 5. The highest BCUT2D eigenvalue weighted by Gasteiger charge is 2.30. The van der Waals surface area contributed by atoms with Crippen molar-refractivity contribution in [3.05, 3.63) is 40.3 Å². The van der Waals surface area contributed by atoms with Crippen LogP contribution in [0.5, 0.6) is 0 Å². The molecule has 0 bridgehead atoms. The Morgan fingerprint density at radius 1 is 1.32 bits per heavy atom. The molecule has 1 aliphatic heterocycles. The van der Waals surface area contributed by atoms with E-state index in [1.165, 1.54) is 26.7 Å². The summed E-state index contributed by atoms with van der Waals surface area (Å²) in [5.41, 5.74) is 0.440. The zero-order chi connectivity index (χ0) is 20.3. The van der Waals surface area contributed by atoms with E-state index in [-0.39, 0.29) is 23.7 Å². The Bertz CT molecular complexity index is 970. The van der Waals surface area contributed by atoms with Gasteiger partial charge in [0.25, 0.3) is 0 Å². The number of thiazole rings is 1. The van der Waals surface area contributed by atoms with E-state index in [2.05, 4.69) is 11.9 Å². The number of aromatic nitrogens is 1. The molecule has 0 radical (unpaired) electrons. The van der Waals surface area contributed by atoms with Crippen LogP contribution in [-0.2, 0) is 11.3 Å². The number of nitrogens with zero attached hydrogens (tertiary/aromatic N) is 3. The van der Waals surface area contributed by atoms with Gasteiger partial charge >= 0.3 is 17.0 Å². The van der Waals surface area contributed by atoms with Crippen molar-refractivity contribution in [2.45, 2.75) is 26.3 Å². The molecule has 0 aliphatic carbocycles. The third kappa shape index (κ3) is 3.86. The normalized spacial score (nSPS) is 14.2. The fourth-order valence-corrected chi connectivity index (χ4v) is 3.93. The Hall–Kier alpha value is -2.88. The largest absolute Gasteiger partial charge is 0.448 e. The van der Waals surface area contributed by atoms with E-state index in [9.17, 15) is 18.8 Å². The molecule has 1 aromatic heterocycles. The molecule has 150 valence electrons. The standard InChI is InChI=1S/C18H21FN4O4S/c1-3-7-21-14-11-13(12(19)10-15(14)28-18(21)26)20-16(24)22-8-5-6-9-23(22)17(25)27-4-2/h3,10-11H,1,4-9H2,2H3,(H,20,24). The van der Waals surface area contributed by atoms with Gasteiger partial charge in [-0.1, -0.05) is 17.4 Å². The second kappa shape index (κ2) is 8.42. The monoisotopic (exact) mass is 408 g/mol. The lowest BCUT2D eigenvalue weighted by Gasteiger charge is -2.37. The van der Waals surface area contributed by atoms with Crippen LogP contribution in [0.25, 0.3) is 10.2 Å².